The lowest BCUT2D eigenvalue weighted by molar-refractivity contribution is -0.479. The van der Waals surface area contributed by atoms with Gasteiger partial charge in [0.15, 0.2) is 0 Å². The molecule has 10 N–H and O–H groups in total. The Kier molecular flexibility index (Phi) is 50.6. The van der Waals surface area contributed by atoms with E-state index in [-0.39, 0.29) is 4.28 Å². The second-order valence-electron chi connectivity index (χ2n) is 1.33. The van der Waals surface area contributed by atoms with Gasteiger partial charge < -0.3 is 60.3 Å². The normalized spacial score (nSPS) is 6.22. The molecule has 18 heavy (non-hydrogen) atoms. The lowest BCUT2D eigenvalue weighted by atomic mass is 10.3. The van der Waals surface area contributed by atoms with Gasteiger partial charge in [0.1, 0.15) is 0 Å². The van der Waals surface area contributed by atoms with Gasteiger partial charge >= 0.3 is 26.2 Å². The molecule has 0 saturated heterocycles. The van der Waals surface area contributed by atoms with E-state index in [1.165, 1.54) is 0 Å². The summed E-state index contributed by atoms with van der Waals surface area (Å²) in [6.45, 7) is 0. The first kappa shape index (κ1) is 30.4. The maximum absolute atomic E-state index is 8.42. The predicted molar refractivity (Wildman–Crippen MR) is 52.4 cm³/mol. The lowest BCUT2D eigenvalue weighted by Crippen LogP contribution is -2.56. The average molecular weight is 278 g/mol. The molecule has 0 aromatic rings. The van der Waals surface area contributed by atoms with Crippen molar-refractivity contribution in [3.63, 3.8) is 0 Å². The maximum Gasteiger partial charge on any atom is 1.00 e. The average Bonchev–Trinajstić information content (AvgIpc) is 2.01. The molecular formula is H13B4NO13. The maximum atomic E-state index is 8.42. The fourth-order valence-electron chi connectivity index (χ4n) is 0. The van der Waals surface area contributed by atoms with E-state index in [1.54, 1.807) is 0 Å². The third-order valence-corrected chi connectivity index (χ3v) is 0. The van der Waals surface area contributed by atoms with Crippen LogP contribution in [0.15, 0.2) is 0 Å². The minimum absolute atomic E-state index is 0. The van der Waals surface area contributed by atoms with Crippen LogP contribution < -0.4 is 15.1 Å². The van der Waals surface area contributed by atoms with Crippen LogP contribution in [0.4, 0.5) is 0 Å². The van der Waals surface area contributed by atoms with Crippen LogP contribution in [-0.2, 0) is 0 Å². The molecule has 0 aromatic carbocycles. The van der Waals surface area contributed by atoms with Gasteiger partial charge in [-0.25, -0.2) is 0 Å². The number of hydrogen-bond donors (Lipinski definition) is 10. The summed E-state index contributed by atoms with van der Waals surface area (Å²) < 4.78 is 0. The number of nitroso groups, excluding NO2 is 1. The van der Waals surface area contributed by atoms with Gasteiger partial charge in [-0.2, -0.15) is 4.91 Å². The van der Waals surface area contributed by atoms with Gasteiger partial charge in [0, 0.05) is 0 Å². The Morgan fingerprint density at radius 2 is 0.611 bits per heavy atom. The molecule has 0 aliphatic rings. The first-order chi connectivity index (χ1) is 7.93. The van der Waals surface area contributed by atoms with E-state index in [1.807, 2.05) is 0 Å². The van der Waals surface area contributed by atoms with Gasteiger partial charge in [-0.05, 0) is 0 Å². The van der Waals surface area contributed by atoms with Gasteiger partial charge in [0.2, 0.25) is 0 Å². The predicted octanol–water partition coefficient (Wildman–Crippen LogP) is -9.43. The van der Waals surface area contributed by atoms with Crippen molar-refractivity contribution in [1.29, 1.82) is 5.59 Å². The molecular weight excluding hydrogens is 265 g/mol. The molecule has 0 aliphatic carbocycles. The molecule has 18 heteroatoms. The van der Waals surface area contributed by atoms with Crippen molar-refractivity contribution < 1.29 is 64.6 Å². The monoisotopic (exact) mass is 279 g/mol. The van der Waals surface area contributed by atoms with E-state index in [9.17, 15) is 0 Å². The van der Waals surface area contributed by atoms with Crippen LogP contribution in [0.3, 0.4) is 0 Å². The van der Waals surface area contributed by atoms with E-state index in [2.05, 4.69) is 5.59 Å². The SMILES string of the molecule is N=O.OB(O)O.OB(O)O.OB(O)O.[H+].[H+].[H+].[O-]B([O-])[O-]. The molecule has 0 unspecified atom stereocenters. The van der Waals surface area contributed by atoms with Crippen molar-refractivity contribution in [2.45, 2.75) is 0 Å². The molecule has 14 nitrogen and oxygen atoms in total. The molecule has 0 rings (SSSR count). The van der Waals surface area contributed by atoms with Crippen LogP contribution in [0, 0.1) is 10.5 Å². The summed E-state index contributed by atoms with van der Waals surface area (Å²) in [6, 6.07) is 0. The Morgan fingerprint density at radius 1 is 0.611 bits per heavy atom. The largest absolute Gasteiger partial charge is 1.00 e. The first-order valence-electron chi connectivity index (χ1n) is 3.24. The smallest absolute Gasteiger partial charge is 0.907 e. The summed E-state index contributed by atoms with van der Waals surface area (Å²) in [7, 11) is -9.42. The molecule has 0 amide bonds. The molecule has 0 heterocycles. The Balaban J connectivity index is -0.0000000164. The van der Waals surface area contributed by atoms with E-state index in [0.717, 1.165) is 0 Å². The van der Waals surface area contributed by atoms with Gasteiger partial charge in [0.05, 0.1) is 0 Å². The molecule has 0 saturated carbocycles. The fraction of sp³-hybridized carbons (Fsp3) is 0. The van der Waals surface area contributed by atoms with Crippen molar-refractivity contribution in [1.82, 2.24) is 0 Å². The topological polar surface area (TPSA) is 292 Å². The molecule has 0 bridgehead atoms. The van der Waals surface area contributed by atoms with Gasteiger partial charge in [0.25, 0.3) is 0 Å². The van der Waals surface area contributed by atoms with E-state index >= 15 is 0 Å². The highest BCUT2D eigenvalue weighted by atomic mass is 16.5. The Labute approximate surface area is 106 Å². The molecule has 0 radical (unpaired) electrons. The van der Waals surface area contributed by atoms with E-state index in [4.69, 9.17) is 65.2 Å². The van der Waals surface area contributed by atoms with Crippen molar-refractivity contribution in [3.05, 3.63) is 4.91 Å². The highest BCUT2D eigenvalue weighted by Gasteiger charge is 1.93. The Bertz CT molecular complexity index is 84.6. The quantitative estimate of drug-likeness (QED) is 0.145. The zero-order chi connectivity index (χ0) is 16.3. The molecule has 0 atom stereocenters. The summed E-state index contributed by atoms with van der Waals surface area (Å²) in [5.74, 6) is 0. The Hall–Kier alpha value is -0.620. The van der Waals surface area contributed by atoms with Crippen molar-refractivity contribution in [3.8, 4) is 0 Å². The zero-order valence-electron chi connectivity index (χ0n) is 11.5. The molecule has 108 valence electrons. The summed E-state index contributed by atoms with van der Waals surface area (Å²) in [5, 5.41) is 89.8. The van der Waals surface area contributed by atoms with Gasteiger partial charge in [-0.1, -0.05) is 5.59 Å². The first-order valence-corrected chi connectivity index (χ1v) is 3.24. The molecule has 0 spiro atoms. The summed E-state index contributed by atoms with van der Waals surface area (Å²) in [4.78, 5) is 7.50. The highest BCUT2D eigenvalue weighted by Crippen LogP contribution is 1.41. The molecule has 0 aliphatic heterocycles. The minimum Gasteiger partial charge on any atom is -0.907 e. The molecule has 0 fully saturated rings. The van der Waals surface area contributed by atoms with Gasteiger partial charge in [-0.15, -0.1) is 0 Å². The standard InChI is InChI=1S/3BH3O3.BO3.HNO/c4*2-1(3)4;1-2/h3*2-4H;;1H/q;;;-3;/p+3. The van der Waals surface area contributed by atoms with Crippen molar-refractivity contribution >= 4 is 29.3 Å². The number of hydrogen-bond acceptors (Lipinski definition) is 14. The fourth-order valence-corrected chi connectivity index (χ4v) is 0. The second-order valence-corrected chi connectivity index (χ2v) is 1.33. The lowest BCUT2D eigenvalue weighted by Gasteiger charge is -2.35. The summed E-state index contributed by atoms with van der Waals surface area (Å²) >= 11 is 0. The summed E-state index contributed by atoms with van der Waals surface area (Å²) in [6.07, 6.45) is 0. The van der Waals surface area contributed by atoms with Crippen molar-refractivity contribution in [2.24, 2.45) is 0 Å². The van der Waals surface area contributed by atoms with Crippen LogP contribution in [0.5, 0.6) is 0 Å². The number of nitrogens with one attached hydrogen (secondary N) is 1. The molecule has 0 aromatic heterocycles. The van der Waals surface area contributed by atoms with Crippen LogP contribution in [0.2, 0.25) is 0 Å². The third-order valence-electron chi connectivity index (χ3n) is 0. The third kappa shape index (κ3) is 8270. The highest BCUT2D eigenvalue weighted by molar-refractivity contribution is 6.31. The number of rotatable bonds is 0. The van der Waals surface area contributed by atoms with Crippen LogP contribution in [0.25, 0.3) is 0 Å². The Morgan fingerprint density at radius 3 is 0.611 bits per heavy atom. The van der Waals surface area contributed by atoms with E-state index < -0.39 is 29.3 Å². The second kappa shape index (κ2) is 29.9. The van der Waals surface area contributed by atoms with Gasteiger partial charge in [-0.3, -0.25) is 7.32 Å². The van der Waals surface area contributed by atoms with Crippen molar-refractivity contribution in [2.75, 3.05) is 0 Å². The minimum atomic E-state index is -2.92. The van der Waals surface area contributed by atoms with E-state index in [0.29, 0.717) is 0 Å². The summed E-state index contributed by atoms with van der Waals surface area (Å²) in [5.41, 5.74) is 4.50. The zero-order valence-corrected chi connectivity index (χ0v) is 8.47. The van der Waals surface area contributed by atoms with Crippen LogP contribution in [-0.4, -0.2) is 74.5 Å². The van der Waals surface area contributed by atoms with Crippen LogP contribution in [0.1, 0.15) is 4.28 Å². The van der Waals surface area contributed by atoms with Crippen LogP contribution >= 0.6 is 0 Å².